The summed E-state index contributed by atoms with van der Waals surface area (Å²) in [5, 5.41) is 0. The van der Waals surface area contributed by atoms with Crippen molar-refractivity contribution in [3.63, 3.8) is 0 Å². The van der Waals surface area contributed by atoms with Crippen LogP contribution in [0.2, 0.25) is 0 Å². The second-order valence-electron chi connectivity index (χ2n) is 1.66. The summed E-state index contributed by atoms with van der Waals surface area (Å²) in [5.41, 5.74) is 1.36. The predicted octanol–water partition coefficient (Wildman–Crippen LogP) is 2.31. The van der Waals surface area contributed by atoms with Crippen molar-refractivity contribution in [3.05, 3.63) is 23.8 Å². The predicted molar refractivity (Wildman–Crippen MR) is 33.0 cm³/mol. The summed E-state index contributed by atoms with van der Waals surface area (Å²) in [4.78, 5) is 0. The molecule has 0 fully saturated rings. The summed E-state index contributed by atoms with van der Waals surface area (Å²) >= 11 is 0. The van der Waals surface area contributed by atoms with E-state index in [-0.39, 0.29) is 29.1 Å². The fourth-order valence-corrected chi connectivity index (χ4v) is 0.693. The van der Waals surface area contributed by atoms with Crippen molar-refractivity contribution in [2.24, 2.45) is 0 Å². The average molecular weight is 186 g/mol. The van der Waals surface area contributed by atoms with E-state index in [4.69, 9.17) is 0 Å². The molecule has 0 aromatic heterocycles. The minimum atomic E-state index is 0. The van der Waals surface area contributed by atoms with Gasteiger partial charge in [-0.05, 0) is 0 Å². The van der Waals surface area contributed by atoms with E-state index < -0.39 is 0 Å². The Morgan fingerprint density at radius 1 is 1.88 bits per heavy atom. The van der Waals surface area contributed by atoms with Crippen molar-refractivity contribution in [1.82, 2.24) is 0 Å². The maximum atomic E-state index is 3.21. The molecule has 1 rings (SSSR count). The summed E-state index contributed by atoms with van der Waals surface area (Å²) in [6.45, 7) is 2.15. The Bertz CT molecular complexity index is 119. The van der Waals surface area contributed by atoms with Crippen LogP contribution < -0.4 is 0 Å². The second kappa shape index (κ2) is 4.26. The first kappa shape index (κ1) is 8.36. The maximum Gasteiger partial charge on any atom is 0 e. The molecule has 0 aromatic carbocycles. The van der Waals surface area contributed by atoms with Gasteiger partial charge in [0.15, 0.2) is 0 Å². The third-order valence-corrected chi connectivity index (χ3v) is 1.15. The van der Waals surface area contributed by atoms with Crippen molar-refractivity contribution in [2.45, 2.75) is 19.8 Å². The zero-order valence-corrected chi connectivity index (χ0v) is 7.53. The van der Waals surface area contributed by atoms with E-state index in [1.54, 1.807) is 0 Å². The van der Waals surface area contributed by atoms with Gasteiger partial charge in [0.1, 0.15) is 0 Å². The summed E-state index contributed by atoms with van der Waals surface area (Å²) in [7, 11) is 0. The topological polar surface area (TPSA) is 0 Å². The molecule has 0 nitrogen and oxygen atoms in total. The molecule has 0 amide bonds. The third kappa shape index (κ3) is 2.09. The van der Waals surface area contributed by atoms with E-state index in [9.17, 15) is 0 Å². The molecule has 0 unspecified atom stereocenters. The van der Waals surface area contributed by atoms with E-state index in [0.717, 1.165) is 12.8 Å². The van der Waals surface area contributed by atoms with E-state index in [0.29, 0.717) is 0 Å². The molecule has 0 atom stereocenters. The van der Waals surface area contributed by atoms with Gasteiger partial charge in [0.25, 0.3) is 0 Å². The zero-order valence-electron chi connectivity index (χ0n) is 7.07. The summed E-state index contributed by atoms with van der Waals surface area (Å²) < 4.78 is 0. The van der Waals surface area contributed by atoms with Crippen LogP contribution in [0.5, 0.6) is 0 Å². The van der Waals surface area contributed by atoms with E-state index >= 15 is 0 Å². The first-order valence-electron chi connectivity index (χ1n) is 2.69. The normalized spacial score (nSPS) is 15.4. The van der Waals surface area contributed by atoms with Crippen LogP contribution in [0.15, 0.2) is 17.7 Å². The van der Waals surface area contributed by atoms with E-state index in [1.807, 2.05) is 0 Å². The standard InChI is InChI=1S/C7H9.Zr.2H/c1-2-7-5-3-4-6-7;;;/h3,5H,2,4H2,1H3;;;/q-1;;2*-1. The molecule has 0 aliphatic heterocycles. The van der Waals surface area contributed by atoms with Gasteiger partial charge in [0.2, 0.25) is 0 Å². The summed E-state index contributed by atoms with van der Waals surface area (Å²) in [6, 6.07) is 0. The molecule has 0 bridgehead atoms. The van der Waals surface area contributed by atoms with Crippen LogP contribution in [-0.2, 0) is 26.2 Å². The van der Waals surface area contributed by atoms with Gasteiger partial charge in [-0.1, -0.05) is 13.3 Å². The van der Waals surface area contributed by atoms with Gasteiger partial charge in [-0.2, -0.15) is 6.08 Å². The van der Waals surface area contributed by atoms with E-state index in [1.165, 1.54) is 5.57 Å². The first-order chi connectivity index (χ1) is 3.43. The van der Waals surface area contributed by atoms with Crippen molar-refractivity contribution < 1.29 is 29.1 Å². The van der Waals surface area contributed by atoms with Crippen LogP contribution >= 0.6 is 0 Å². The Hall–Kier alpha value is 0.363. The van der Waals surface area contributed by atoms with Gasteiger partial charge in [-0.3, -0.25) is 6.08 Å². The fourth-order valence-electron chi connectivity index (χ4n) is 0.693. The van der Waals surface area contributed by atoms with Crippen molar-refractivity contribution in [1.29, 1.82) is 0 Å². The van der Waals surface area contributed by atoms with Crippen LogP contribution in [0.25, 0.3) is 0 Å². The molecule has 0 aromatic rings. The fraction of sp³-hybridized carbons (Fsp3) is 0.429. The molecular weight excluding hydrogens is 175 g/mol. The van der Waals surface area contributed by atoms with Crippen molar-refractivity contribution in [2.75, 3.05) is 0 Å². The van der Waals surface area contributed by atoms with Crippen LogP contribution in [0.1, 0.15) is 22.6 Å². The number of hydrogen-bond acceptors (Lipinski definition) is 0. The zero-order chi connectivity index (χ0) is 5.11. The van der Waals surface area contributed by atoms with Crippen LogP contribution in [0, 0.1) is 6.08 Å². The molecule has 1 aliphatic rings. The van der Waals surface area contributed by atoms with Gasteiger partial charge >= 0.3 is 0 Å². The summed E-state index contributed by atoms with van der Waals surface area (Å²) in [6.07, 6.45) is 9.65. The van der Waals surface area contributed by atoms with Gasteiger partial charge in [0, 0.05) is 26.2 Å². The molecule has 1 aliphatic carbocycles. The molecule has 0 radical (unpaired) electrons. The Balaban J connectivity index is -0.000000163. The molecule has 0 heterocycles. The van der Waals surface area contributed by atoms with Gasteiger partial charge in [-0.25, -0.2) is 11.6 Å². The molecule has 0 saturated heterocycles. The Morgan fingerprint density at radius 2 is 2.62 bits per heavy atom. The van der Waals surface area contributed by atoms with Gasteiger partial charge in [-0.15, -0.1) is 6.42 Å². The number of rotatable bonds is 1. The molecular formula is C7H11Zr-3. The number of allylic oxidation sites excluding steroid dienone is 4. The second-order valence-corrected chi connectivity index (χ2v) is 1.66. The minimum absolute atomic E-state index is 0. The Labute approximate surface area is 72.8 Å². The van der Waals surface area contributed by atoms with Crippen molar-refractivity contribution >= 4 is 0 Å². The quantitative estimate of drug-likeness (QED) is 0.551. The Kier molecular flexibility index (Phi) is 4.46. The molecule has 1 heteroatoms. The first-order valence-corrected chi connectivity index (χ1v) is 2.69. The van der Waals surface area contributed by atoms with Crippen molar-refractivity contribution in [3.8, 4) is 0 Å². The molecule has 0 spiro atoms. The molecule has 46 valence electrons. The molecule has 0 N–H and O–H groups in total. The smallest absolute Gasteiger partial charge is 0 e. The largest absolute Gasteiger partial charge is 1.00 e. The Morgan fingerprint density at radius 3 is 2.88 bits per heavy atom. The maximum absolute atomic E-state index is 3.21. The van der Waals surface area contributed by atoms with Crippen LogP contribution in [-0.4, -0.2) is 0 Å². The van der Waals surface area contributed by atoms with Crippen LogP contribution in [0.3, 0.4) is 0 Å². The van der Waals surface area contributed by atoms with Crippen LogP contribution in [0.4, 0.5) is 0 Å². The van der Waals surface area contributed by atoms with Gasteiger partial charge in [0.05, 0.1) is 0 Å². The minimum Gasteiger partial charge on any atom is -1.00 e. The van der Waals surface area contributed by atoms with E-state index in [2.05, 4.69) is 25.2 Å². The SMILES string of the molecule is CCC1=[C-]CC=C1.[H-].[H-].[Zr]. The summed E-state index contributed by atoms with van der Waals surface area (Å²) in [5.74, 6) is 0. The third-order valence-electron chi connectivity index (χ3n) is 1.15. The molecule has 8 heavy (non-hydrogen) atoms. The molecule has 0 saturated carbocycles. The monoisotopic (exact) mass is 185 g/mol. The average Bonchev–Trinajstić information content (AvgIpc) is 2.14. The van der Waals surface area contributed by atoms with Gasteiger partial charge < -0.3 is 2.85 Å². The number of hydrogen-bond donors (Lipinski definition) is 0.